The number of amides is 1. The van der Waals surface area contributed by atoms with Gasteiger partial charge in [0.1, 0.15) is 5.75 Å². The lowest BCUT2D eigenvalue weighted by molar-refractivity contribution is 0.0938. The Hall–Kier alpha value is -1.58. The number of rotatable bonds is 2. The van der Waals surface area contributed by atoms with Gasteiger partial charge < -0.3 is 10.4 Å². The summed E-state index contributed by atoms with van der Waals surface area (Å²) < 4.78 is 0. The standard InChI is InChI=1S/C11H16N2O2/c1-11(2,3)7-13-10(15)8-4-9(14)6-12-5-8/h4-6,14H,7H2,1-3H3,(H,13,15). The summed E-state index contributed by atoms with van der Waals surface area (Å²) in [6.45, 7) is 6.69. The highest BCUT2D eigenvalue weighted by Gasteiger charge is 2.13. The first-order valence-electron chi connectivity index (χ1n) is 4.81. The van der Waals surface area contributed by atoms with Gasteiger partial charge in [-0.05, 0) is 11.5 Å². The number of aromatic hydroxyl groups is 1. The molecule has 0 radical (unpaired) electrons. The highest BCUT2D eigenvalue weighted by molar-refractivity contribution is 5.94. The summed E-state index contributed by atoms with van der Waals surface area (Å²) in [4.78, 5) is 15.3. The maximum atomic E-state index is 11.6. The monoisotopic (exact) mass is 208 g/mol. The van der Waals surface area contributed by atoms with E-state index in [1.165, 1.54) is 18.5 Å². The van der Waals surface area contributed by atoms with Crippen molar-refractivity contribution in [2.45, 2.75) is 20.8 Å². The van der Waals surface area contributed by atoms with E-state index in [-0.39, 0.29) is 17.1 Å². The molecule has 0 aliphatic rings. The summed E-state index contributed by atoms with van der Waals surface area (Å²) >= 11 is 0. The van der Waals surface area contributed by atoms with E-state index in [0.29, 0.717) is 12.1 Å². The Morgan fingerprint density at radius 3 is 2.67 bits per heavy atom. The molecule has 1 amide bonds. The van der Waals surface area contributed by atoms with Crippen molar-refractivity contribution in [1.82, 2.24) is 10.3 Å². The van der Waals surface area contributed by atoms with Gasteiger partial charge in [0.15, 0.2) is 0 Å². The van der Waals surface area contributed by atoms with Crippen molar-refractivity contribution in [3.63, 3.8) is 0 Å². The third kappa shape index (κ3) is 3.97. The molecule has 15 heavy (non-hydrogen) atoms. The molecule has 1 heterocycles. The van der Waals surface area contributed by atoms with Gasteiger partial charge in [-0.2, -0.15) is 0 Å². The smallest absolute Gasteiger partial charge is 0.253 e. The number of nitrogens with one attached hydrogen (secondary N) is 1. The zero-order valence-electron chi connectivity index (χ0n) is 9.24. The first-order chi connectivity index (χ1) is 6.88. The average molecular weight is 208 g/mol. The van der Waals surface area contributed by atoms with E-state index in [1.807, 2.05) is 20.8 Å². The summed E-state index contributed by atoms with van der Waals surface area (Å²) in [6, 6.07) is 1.39. The first-order valence-corrected chi connectivity index (χ1v) is 4.81. The molecule has 0 bridgehead atoms. The number of carbonyl (C=O) groups excluding carboxylic acids is 1. The second kappa shape index (κ2) is 4.29. The Labute approximate surface area is 89.3 Å². The zero-order valence-corrected chi connectivity index (χ0v) is 9.24. The Bertz CT molecular complexity index is 356. The Balaban J connectivity index is 2.62. The van der Waals surface area contributed by atoms with Crippen LogP contribution in [0.25, 0.3) is 0 Å². The van der Waals surface area contributed by atoms with E-state index in [9.17, 15) is 4.79 Å². The molecule has 82 valence electrons. The Kier molecular flexibility index (Phi) is 3.29. The van der Waals surface area contributed by atoms with Crippen molar-refractivity contribution in [2.75, 3.05) is 6.54 Å². The molecule has 0 fully saturated rings. The highest BCUT2D eigenvalue weighted by atomic mass is 16.3. The zero-order chi connectivity index (χ0) is 11.5. The quantitative estimate of drug-likeness (QED) is 0.775. The second-order valence-electron chi connectivity index (χ2n) is 4.68. The van der Waals surface area contributed by atoms with Crippen LogP contribution < -0.4 is 5.32 Å². The fourth-order valence-electron chi connectivity index (χ4n) is 0.999. The Morgan fingerprint density at radius 1 is 1.47 bits per heavy atom. The highest BCUT2D eigenvalue weighted by Crippen LogP contribution is 2.12. The van der Waals surface area contributed by atoms with Crippen LogP contribution in [-0.4, -0.2) is 22.5 Å². The van der Waals surface area contributed by atoms with Crippen molar-refractivity contribution >= 4 is 5.91 Å². The van der Waals surface area contributed by atoms with Gasteiger partial charge in [0.25, 0.3) is 5.91 Å². The van der Waals surface area contributed by atoms with Gasteiger partial charge in [-0.3, -0.25) is 9.78 Å². The molecule has 1 aromatic heterocycles. The molecule has 1 rings (SSSR count). The van der Waals surface area contributed by atoms with Crippen molar-refractivity contribution in [2.24, 2.45) is 5.41 Å². The third-order valence-corrected chi connectivity index (χ3v) is 1.77. The normalized spacial score (nSPS) is 11.1. The van der Waals surface area contributed by atoms with Crippen LogP contribution in [0.1, 0.15) is 31.1 Å². The number of pyridine rings is 1. The number of hydrogen-bond donors (Lipinski definition) is 2. The van der Waals surface area contributed by atoms with Gasteiger partial charge in [-0.1, -0.05) is 20.8 Å². The van der Waals surface area contributed by atoms with E-state index >= 15 is 0 Å². The maximum Gasteiger partial charge on any atom is 0.253 e. The fraction of sp³-hybridized carbons (Fsp3) is 0.455. The molecule has 0 unspecified atom stereocenters. The van der Waals surface area contributed by atoms with Crippen LogP contribution >= 0.6 is 0 Å². The molecular formula is C11H16N2O2. The van der Waals surface area contributed by atoms with Gasteiger partial charge in [0.2, 0.25) is 0 Å². The predicted molar refractivity (Wildman–Crippen MR) is 57.7 cm³/mol. The second-order valence-corrected chi connectivity index (χ2v) is 4.68. The van der Waals surface area contributed by atoms with Crippen molar-refractivity contribution in [3.8, 4) is 5.75 Å². The molecule has 0 aromatic carbocycles. The topological polar surface area (TPSA) is 62.2 Å². The van der Waals surface area contributed by atoms with Crippen LogP contribution in [0, 0.1) is 5.41 Å². The molecule has 4 heteroatoms. The van der Waals surface area contributed by atoms with Gasteiger partial charge in [0, 0.05) is 12.7 Å². The van der Waals surface area contributed by atoms with Crippen LogP contribution in [0.3, 0.4) is 0 Å². The number of nitrogens with zero attached hydrogens (tertiary/aromatic N) is 1. The summed E-state index contributed by atoms with van der Waals surface area (Å²) in [5, 5.41) is 11.9. The van der Waals surface area contributed by atoms with Crippen molar-refractivity contribution in [3.05, 3.63) is 24.0 Å². The van der Waals surface area contributed by atoms with Crippen LogP contribution in [0.2, 0.25) is 0 Å². The minimum atomic E-state index is -0.215. The van der Waals surface area contributed by atoms with E-state index in [1.54, 1.807) is 0 Å². The van der Waals surface area contributed by atoms with Crippen LogP contribution in [-0.2, 0) is 0 Å². The molecule has 2 N–H and O–H groups in total. The SMILES string of the molecule is CC(C)(C)CNC(=O)c1cncc(O)c1. The molecular weight excluding hydrogens is 192 g/mol. The molecule has 0 aliphatic carbocycles. The first kappa shape index (κ1) is 11.5. The van der Waals surface area contributed by atoms with Crippen LogP contribution in [0.4, 0.5) is 0 Å². The third-order valence-electron chi connectivity index (χ3n) is 1.77. The predicted octanol–water partition coefficient (Wildman–Crippen LogP) is 1.56. The largest absolute Gasteiger partial charge is 0.506 e. The molecule has 0 saturated heterocycles. The minimum absolute atomic E-state index is 0.00147. The maximum absolute atomic E-state index is 11.6. The molecule has 4 nitrogen and oxygen atoms in total. The van der Waals surface area contributed by atoms with E-state index in [2.05, 4.69) is 10.3 Å². The fourth-order valence-corrected chi connectivity index (χ4v) is 0.999. The lowest BCUT2D eigenvalue weighted by Crippen LogP contribution is -2.32. The van der Waals surface area contributed by atoms with Crippen molar-refractivity contribution < 1.29 is 9.90 Å². The molecule has 1 aromatic rings. The minimum Gasteiger partial charge on any atom is -0.506 e. The average Bonchev–Trinajstić information content (AvgIpc) is 2.13. The van der Waals surface area contributed by atoms with Crippen LogP contribution in [0.5, 0.6) is 5.75 Å². The van der Waals surface area contributed by atoms with Gasteiger partial charge in [-0.15, -0.1) is 0 Å². The lowest BCUT2D eigenvalue weighted by Gasteiger charge is -2.18. The van der Waals surface area contributed by atoms with Gasteiger partial charge in [-0.25, -0.2) is 0 Å². The molecule has 0 atom stereocenters. The van der Waals surface area contributed by atoms with Crippen LogP contribution in [0.15, 0.2) is 18.5 Å². The molecule has 0 aliphatic heterocycles. The van der Waals surface area contributed by atoms with Gasteiger partial charge in [0.05, 0.1) is 11.8 Å². The Morgan fingerprint density at radius 2 is 2.13 bits per heavy atom. The molecule has 0 spiro atoms. The summed E-state index contributed by atoms with van der Waals surface area (Å²) in [5.41, 5.74) is 0.416. The number of aromatic nitrogens is 1. The summed E-state index contributed by atoms with van der Waals surface area (Å²) in [6.07, 6.45) is 2.72. The number of carbonyl (C=O) groups is 1. The number of hydrogen-bond acceptors (Lipinski definition) is 3. The van der Waals surface area contributed by atoms with E-state index in [0.717, 1.165) is 0 Å². The summed E-state index contributed by atoms with van der Waals surface area (Å²) in [5.74, 6) is -0.216. The lowest BCUT2D eigenvalue weighted by atomic mass is 9.97. The van der Waals surface area contributed by atoms with E-state index in [4.69, 9.17) is 5.11 Å². The molecule has 0 saturated carbocycles. The van der Waals surface area contributed by atoms with Crippen molar-refractivity contribution in [1.29, 1.82) is 0 Å². The van der Waals surface area contributed by atoms with E-state index < -0.39 is 0 Å². The summed E-state index contributed by atoms with van der Waals surface area (Å²) in [7, 11) is 0. The van der Waals surface area contributed by atoms with Gasteiger partial charge >= 0.3 is 0 Å².